The van der Waals surface area contributed by atoms with Crippen molar-refractivity contribution in [1.29, 1.82) is 0 Å². The van der Waals surface area contributed by atoms with Gasteiger partial charge in [0.1, 0.15) is 5.60 Å². The molecule has 0 N–H and O–H groups in total. The van der Waals surface area contributed by atoms with E-state index in [2.05, 4.69) is 5.92 Å². The van der Waals surface area contributed by atoms with Crippen molar-refractivity contribution in [3.8, 4) is 12.3 Å². The van der Waals surface area contributed by atoms with Gasteiger partial charge in [0, 0.05) is 24.9 Å². The van der Waals surface area contributed by atoms with E-state index in [1.807, 2.05) is 20.8 Å². The molecule has 0 aromatic carbocycles. The van der Waals surface area contributed by atoms with Gasteiger partial charge in [0.15, 0.2) is 0 Å². The second kappa shape index (κ2) is 5.05. The van der Waals surface area contributed by atoms with E-state index in [4.69, 9.17) is 15.9 Å². The molecule has 2 aliphatic rings. The van der Waals surface area contributed by atoms with E-state index in [0.717, 1.165) is 25.9 Å². The molecule has 1 aliphatic heterocycles. The summed E-state index contributed by atoms with van der Waals surface area (Å²) in [6.07, 6.45) is 8.06. The summed E-state index contributed by atoms with van der Waals surface area (Å²) in [5, 5.41) is 0. The molecular weight excluding hydrogens is 242 g/mol. The lowest BCUT2D eigenvalue weighted by atomic mass is 9.62. The van der Waals surface area contributed by atoms with E-state index in [1.165, 1.54) is 0 Å². The predicted molar refractivity (Wildman–Crippen MR) is 72.7 cm³/mol. The number of likely N-dealkylation sites (tertiary alicyclic amines) is 1. The Hall–Kier alpha value is -1.21. The SMILES string of the molecule is C#CCCOC1CC2(C1)CN(C(=O)OC(C)(C)C)C2. The van der Waals surface area contributed by atoms with Gasteiger partial charge in [-0.25, -0.2) is 4.79 Å². The molecule has 19 heavy (non-hydrogen) atoms. The first-order valence-electron chi connectivity index (χ1n) is 6.87. The van der Waals surface area contributed by atoms with E-state index in [9.17, 15) is 4.79 Å². The average molecular weight is 265 g/mol. The molecule has 106 valence electrons. The molecule has 1 aliphatic carbocycles. The standard InChI is InChI=1S/C15H23NO3/c1-5-6-7-18-12-8-15(9-12)10-16(11-15)13(17)19-14(2,3)4/h1,12H,6-11H2,2-4H3. The van der Waals surface area contributed by atoms with Gasteiger partial charge in [0.05, 0.1) is 12.7 Å². The van der Waals surface area contributed by atoms with Gasteiger partial charge in [-0.05, 0) is 33.6 Å². The van der Waals surface area contributed by atoms with Crippen LogP contribution in [-0.4, -0.2) is 42.4 Å². The lowest BCUT2D eigenvalue weighted by molar-refractivity contribution is -0.145. The summed E-state index contributed by atoms with van der Waals surface area (Å²) in [7, 11) is 0. The summed E-state index contributed by atoms with van der Waals surface area (Å²) in [5.74, 6) is 2.57. The summed E-state index contributed by atoms with van der Waals surface area (Å²) < 4.78 is 11.0. The molecule has 0 atom stereocenters. The van der Waals surface area contributed by atoms with Crippen molar-refractivity contribution in [2.75, 3.05) is 19.7 Å². The van der Waals surface area contributed by atoms with Crippen LogP contribution in [0.1, 0.15) is 40.0 Å². The van der Waals surface area contributed by atoms with Gasteiger partial charge in [-0.1, -0.05) is 0 Å². The normalized spacial score (nSPS) is 21.5. The molecule has 1 spiro atoms. The Morgan fingerprint density at radius 2 is 2.05 bits per heavy atom. The average Bonchev–Trinajstić information content (AvgIpc) is 2.15. The van der Waals surface area contributed by atoms with Crippen LogP contribution in [-0.2, 0) is 9.47 Å². The number of carbonyl (C=O) groups excluding carboxylic acids is 1. The Bertz CT molecular complexity index is 377. The lowest BCUT2D eigenvalue weighted by Crippen LogP contribution is -2.65. The third kappa shape index (κ3) is 3.42. The molecule has 2 rings (SSSR count). The van der Waals surface area contributed by atoms with Gasteiger partial charge in [-0.3, -0.25) is 0 Å². The predicted octanol–water partition coefficient (Wildman–Crippen LogP) is 2.43. The minimum Gasteiger partial charge on any atom is -0.444 e. The van der Waals surface area contributed by atoms with Gasteiger partial charge < -0.3 is 14.4 Å². The molecule has 1 saturated heterocycles. The Labute approximate surface area is 115 Å². The number of nitrogens with zero attached hydrogens (tertiary/aromatic N) is 1. The highest BCUT2D eigenvalue weighted by atomic mass is 16.6. The molecule has 0 bridgehead atoms. The monoisotopic (exact) mass is 265 g/mol. The Morgan fingerprint density at radius 3 is 2.58 bits per heavy atom. The zero-order chi connectivity index (χ0) is 14.1. The van der Waals surface area contributed by atoms with Crippen LogP contribution < -0.4 is 0 Å². The second-order valence-electron chi connectivity index (χ2n) is 6.69. The first-order valence-corrected chi connectivity index (χ1v) is 6.87. The summed E-state index contributed by atoms with van der Waals surface area (Å²) in [6, 6.07) is 0. The summed E-state index contributed by atoms with van der Waals surface area (Å²) in [4.78, 5) is 13.6. The number of hydrogen-bond acceptors (Lipinski definition) is 3. The number of amides is 1. The fourth-order valence-corrected chi connectivity index (χ4v) is 2.79. The summed E-state index contributed by atoms with van der Waals surface area (Å²) in [6.45, 7) is 7.91. The van der Waals surface area contributed by atoms with E-state index in [-0.39, 0.29) is 11.5 Å². The van der Waals surface area contributed by atoms with E-state index in [1.54, 1.807) is 4.90 Å². The highest BCUT2D eigenvalue weighted by molar-refractivity contribution is 5.69. The van der Waals surface area contributed by atoms with Crippen molar-refractivity contribution in [1.82, 2.24) is 4.90 Å². The van der Waals surface area contributed by atoms with Gasteiger partial charge >= 0.3 is 6.09 Å². The molecule has 2 fully saturated rings. The van der Waals surface area contributed by atoms with Gasteiger partial charge in [0.2, 0.25) is 0 Å². The zero-order valence-electron chi connectivity index (χ0n) is 12.1. The third-order valence-corrected chi connectivity index (χ3v) is 3.63. The molecule has 1 amide bonds. The Morgan fingerprint density at radius 1 is 1.42 bits per heavy atom. The third-order valence-electron chi connectivity index (χ3n) is 3.63. The van der Waals surface area contributed by atoms with Crippen molar-refractivity contribution in [2.45, 2.75) is 51.7 Å². The first-order chi connectivity index (χ1) is 8.84. The molecular formula is C15H23NO3. The van der Waals surface area contributed by atoms with E-state index >= 15 is 0 Å². The lowest BCUT2D eigenvalue weighted by Gasteiger charge is -2.58. The van der Waals surface area contributed by atoms with Crippen LogP contribution in [0.25, 0.3) is 0 Å². The van der Waals surface area contributed by atoms with Crippen LogP contribution in [0.2, 0.25) is 0 Å². The summed E-state index contributed by atoms with van der Waals surface area (Å²) >= 11 is 0. The fourth-order valence-electron chi connectivity index (χ4n) is 2.79. The van der Waals surface area contributed by atoms with Crippen molar-refractivity contribution >= 4 is 6.09 Å². The fraction of sp³-hybridized carbons (Fsp3) is 0.800. The first kappa shape index (κ1) is 14.2. The van der Waals surface area contributed by atoms with Crippen LogP contribution in [0.15, 0.2) is 0 Å². The molecule has 1 saturated carbocycles. The van der Waals surface area contributed by atoms with Crippen molar-refractivity contribution in [2.24, 2.45) is 5.41 Å². The molecule has 0 aromatic heterocycles. The van der Waals surface area contributed by atoms with Crippen LogP contribution in [0.5, 0.6) is 0 Å². The number of hydrogen-bond donors (Lipinski definition) is 0. The maximum absolute atomic E-state index is 11.8. The Kier molecular flexibility index (Phi) is 3.78. The number of ether oxygens (including phenoxy) is 2. The minimum absolute atomic E-state index is 0.199. The van der Waals surface area contributed by atoms with Crippen LogP contribution in [0.3, 0.4) is 0 Å². The maximum atomic E-state index is 11.8. The van der Waals surface area contributed by atoms with Gasteiger partial charge in [-0.15, -0.1) is 12.3 Å². The van der Waals surface area contributed by atoms with Crippen LogP contribution >= 0.6 is 0 Å². The van der Waals surface area contributed by atoms with E-state index < -0.39 is 5.60 Å². The molecule has 4 heteroatoms. The minimum atomic E-state index is -0.416. The number of rotatable bonds is 3. The largest absolute Gasteiger partial charge is 0.444 e. The molecule has 0 unspecified atom stereocenters. The smallest absolute Gasteiger partial charge is 0.410 e. The molecule has 4 nitrogen and oxygen atoms in total. The highest BCUT2D eigenvalue weighted by Gasteiger charge is 2.54. The Balaban J connectivity index is 1.65. The van der Waals surface area contributed by atoms with Gasteiger partial charge in [-0.2, -0.15) is 0 Å². The molecule has 0 aromatic rings. The topological polar surface area (TPSA) is 38.8 Å². The van der Waals surface area contributed by atoms with Crippen LogP contribution in [0, 0.1) is 17.8 Å². The van der Waals surface area contributed by atoms with Crippen LogP contribution in [0.4, 0.5) is 4.79 Å². The van der Waals surface area contributed by atoms with Crippen molar-refractivity contribution in [3.05, 3.63) is 0 Å². The van der Waals surface area contributed by atoms with Gasteiger partial charge in [0.25, 0.3) is 0 Å². The van der Waals surface area contributed by atoms with E-state index in [0.29, 0.717) is 19.1 Å². The maximum Gasteiger partial charge on any atom is 0.410 e. The molecule has 1 heterocycles. The number of carbonyl (C=O) groups is 1. The van der Waals surface area contributed by atoms with Crippen molar-refractivity contribution in [3.63, 3.8) is 0 Å². The van der Waals surface area contributed by atoms with Crippen molar-refractivity contribution < 1.29 is 14.3 Å². The quantitative estimate of drug-likeness (QED) is 0.581. The number of terminal acetylenes is 1. The molecule has 0 radical (unpaired) electrons. The zero-order valence-corrected chi connectivity index (χ0v) is 12.1. The second-order valence-corrected chi connectivity index (χ2v) is 6.69. The summed E-state index contributed by atoms with van der Waals surface area (Å²) in [5.41, 5.74) is -0.127. The highest BCUT2D eigenvalue weighted by Crippen LogP contribution is 2.49.